The first-order valence-corrected chi connectivity index (χ1v) is 7.96. The third-order valence-corrected chi connectivity index (χ3v) is 4.52. The van der Waals surface area contributed by atoms with Crippen molar-refractivity contribution in [2.24, 2.45) is 0 Å². The lowest BCUT2D eigenvalue weighted by Crippen LogP contribution is -2.03. The van der Waals surface area contributed by atoms with Gasteiger partial charge in [-0.25, -0.2) is 0 Å². The summed E-state index contributed by atoms with van der Waals surface area (Å²) in [6.45, 7) is 0. The van der Waals surface area contributed by atoms with E-state index in [-0.39, 0.29) is 5.78 Å². The van der Waals surface area contributed by atoms with Gasteiger partial charge in [-0.15, -0.1) is 11.8 Å². The van der Waals surface area contributed by atoms with Gasteiger partial charge in [-0.1, -0.05) is 39.1 Å². The summed E-state index contributed by atoms with van der Waals surface area (Å²) in [5, 5.41) is 0.951. The zero-order chi connectivity index (χ0) is 13.8. The maximum atomic E-state index is 12.1. The molecule has 2 aromatic rings. The molecule has 2 rings (SSSR count). The second-order valence-corrected chi connectivity index (χ2v) is 6.60. The molecule has 0 radical (unpaired) electrons. The van der Waals surface area contributed by atoms with E-state index in [0.717, 1.165) is 9.37 Å². The number of thioether (sulfide) groups is 1. The number of carbonyl (C=O) groups is 1. The molecule has 19 heavy (non-hydrogen) atoms. The summed E-state index contributed by atoms with van der Waals surface area (Å²) < 4.78 is 1.01. The van der Waals surface area contributed by atoms with Gasteiger partial charge in [0.15, 0.2) is 5.78 Å². The van der Waals surface area contributed by atoms with Crippen LogP contribution < -0.4 is 0 Å². The number of ketones is 1. The van der Waals surface area contributed by atoms with Gasteiger partial charge in [0.2, 0.25) is 0 Å². The Hall–Kier alpha value is -0.480. The number of rotatable bonds is 4. The number of benzene rings is 2. The molecule has 0 N–H and O–H groups in total. The summed E-state index contributed by atoms with van der Waals surface area (Å²) in [5.74, 6) is 0.308. The maximum absolute atomic E-state index is 12.1. The molecule has 1 nitrogen and oxygen atoms in total. The Balaban J connectivity index is 2.05. The molecule has 0 saturated carbocycles. The van der Waals surface area contributed by atoms with Gasteiger partial charge in [0.05, 0.1) is 10.8 Å². The third kappa shape index (κ3) is 4.25. The van der Waals surface area contributed by atoms with Crippen molar-refractivity contribution in [2.75, 3.05) is 5.75 Å². The highest BCUT2D eigenvalue weighted by Crippen LogP contribution is 2.25. The molecule has 0 fully saturated rings. The van der Waals surface area contributed by atoms with Crippen molar-refractivity contribution < 1.29 is 4.79 Å². The van der Waals surface area contributed by atoms with Crippen molar-refractivity contribution in [1.82, 2.24) is 0 Å². The first-order chi connectivity index (χ1) is 9.06. The van der Waals surface area contributed by atoms with E-state index >= 15 is 0 Å². The Morgan fingerprint density at radius 1 is 1.11 bits per heavy atom. The summed E-state index contributed by atoms with van der Waals surface area (Å²) in [6, 6.07) is 12.7. The minimum atomic E-state index is -0.0274. The van der Waals surface area contributed by atoms with Crippen molar-refractivity contribution in [3.8, 4) is 0 Å². The Labute approximate surface area is 134 Å². The standard InChI is InChI=1S/C14H9BrCl2OS/c15-9-1-4-11(5-2-9)19-8-14(18)12-7-10(16)3-6-13(12)17/h1-7H,8H2. The van der Waals surface area contributed by atoms with Crippen LogP contribution >= 0.6 is 50.9 Å². The van der Waals surface area contributed by atoms with Crippen LogP contribution in [-0.2, 0) is 0 Å². The second-order valence-electron chi connectivity index (χ2n) is 3.79. The lowest BCUT2D eigenvalue weighted by molar-refractivity contribution is 0.102. The number of halogens is 3. The highest BCUT2D eigenvalue weighted by molar-refractivity contribution is 9.10. The molecule has 0 aliphatic carbocycles. The Morgan fingerprint density at radius 3 is 2.47 bits per heavy atom. The van der Waals surface area contributed by atoms with Crippen LogP contribution in [0.15, 0.2) is 51.8 Å². The SMILES string of the molecule is O=C(CSc1ccc(Br)cc1)c1cc(Cl)ccc1Cl. The molecule has 0 saturated heterocycles. The van der Waals surface area contributed by atoms with Crippen LogP contribution in [0.1, 0.15) is 10.4 Å². The van der Waals surface area contributed by atoms with Crippen LogP contribution in [-0.4, -0.2) is 11.5 Å². The van der Waals surface area contributed by atoms with Crippen LogP contribution in [0.3, 0.4) is 0 Å². The van der Waals surface area contributed by atoms with Crippen molar-refractivity contribution in [2.45, 2.75) is 4.90 Å². The van der Waals surface area contributed by atoms with E-state index in [0.29, 0.717) is 21.4 Å². The third-order valence-electron chi connectivity index (χ3n) is 2.41. The van der Waals surface area contributed by atoms with Gasteiger partial charge in [0, 0.05) is 20.0 Å². The molecular weight excluding hydrogens is 367 g/mol. The molecule has 0 bridgehead atoms. The molecule has 0 aliphatic heterocycles. The molecule has 5 heteroatoms. The zero-order valence-corrected chi connectivity index (χ0v) is 13.6. The smallest absolute Gasteiger partial charge is 0.174 e. The van der Waals surface area contributed by atoms with E-state index in [1.54, 1.807) is 18.2 Å². The highest BCUT2D eigenvalue weighted by atomic mass is 79.9. The topological polar surface area (TPSA) is 17.1 Å². The number of carbonyl (C=O) groups excluding carboxylic acids is 1. The summed E-state index contributed by atoms with van der Waals surface area (Å²) in [6.07, 6.45) is 0. The van der Waals surface area contributed by atoms with Gasteiger partial charge in [0.1, 0.15) is 0 Å². The van der Waals surface area contributed by atoms with Gasteiger partial charge in [-0.05, 0) is 42.5 Å². The Bertz CT molecular complexity index is 599. The van der Waals surface area contributed by atoms with Crippen LogP contribution in [0.2, 0.25) is 10.0 Å². The number of Topliss-reactive ketones (excluding diaryl/α,β-unsaturated/α-hetero) is 1. The Morgan fingerprint density at radius 2 is 1.79 bits per heavy atom. The molecule has 0 amide bonds. The Kier molecular flexibility index (Phi) is 5.34. The van der Waals surface area contributed by atoms with E-state index in [1.807, 2.05) is 24.3 Å². The van der Waals surface area contributed by atoms with E-state index in [1.165, 1.54) is 11.8 Å². The van der Waals surface area contributed by atoms with Gasteiger partial charge < -0.3 is 0 Å². The van der Waals surface area contributed by atoms with Gasteiger partial charge in [-0.2, -0.15) is 0 Å². The molecular formula is C14H9BrCl2OS. The quantitative estimate of drug-likeness (QED) is 0.501. The summed E-state index contributed by atoms with van der Waals surface area (Å²) in [4.78, 5) is 13.1. The minimum absolute atomic E-state index is 0.0274. The number of hydrogen-bond acceptors (Lipinski definition) is 2. The van der Waals surface area contributed by atoms with Gasteiger partial charge >= 0.3 is 0 Å². The molecule has 0 unspecified atom stereocenters. The first kappa shape index (κ1) is 14.9. The average Bonchev–Trinajstić information content (AvgIpc) is 2.40. The minimum Gasteiger partial charge on any atom is -0.293 e. The van der Waals surface area contributed by atoms with E-state index < -0.39 is 0 Å². The van der Waals surface area contributed by atoms with Crippen molar-refractivity contribution in [1.29, 1.82) is 0 Å². The van der Waals surface area contributed by atoms with Crippen molar-refractivity contribution in [3.63, 3.8) is 0 Å². The van der Waals surface area contributed by atoms with E-state index in [4.69, 9.17) is 23.2 Å². The molecule has 0 atom stereocenters. The summed E-state index contributed by atoms with van der Waals surface area (Å²) >= 11 is 16.7. The molecule has 0 heterocycles. The fraction of sp³-hybridized carbons (Fsp3) is 0.0714. The number of hydrogen-bond donors (Lipinski definition) is 0. The monoisotopic (exact) mass is 374 g/mol. The van der Waals surface area contributed by atoms with Crippen LogP contribution in [0, 0.1) is 0 Å². The first-order valence-electron chi connectivity index (χ1n) is 5.43. The van der Waals surface area contributed by atoms with Crippen LogP contribution in [0.4, 0.5) is 0 Å². The zero-order valence-electron chi connectivity index (χ0n) is 9.70. The lowest BCUT2D eigenvalue weighted by atomic mass is 10.1. The molecule has 0 aromatic heterocycles. The van der Waals surface area contributed by atoms with Gasteiger partial charge in [0.25, 0.3) is 0 Å². The van der Waals surface area contributed by atoms with E-state index in [2.05, 4.69) is 15.9 Å². The van der Waals surface area contributed by atoms with Crippen molar-refractivity contribution in [3.05, 3.63) is 62.5 Å². The predicted molar refractivity (Wildman–Crippen MR) is 85.7 cm³/mol. The fourth-order valence-electron chi connectivity index (χ4n) is 1.47. The van der Waals surface area contributed by atoms with Crippen LogP contribution in [0.5, 0.6) is 0 Å². The fourth-order valence-corrected chi connectivity index (χ4v) is 2.91. The largest absolute Gasteiger partial charge is 0.293 e. The molecule has 0 aliphatic rings. The predicted octanol–water partition coefficient (Wildman–Crippen LogP) is 5.73. The lowest BCUT2D eigenvalue weighted by Gasteiger charge is -2.04. The average molecular weight is 376 g/mol. The molecule has 98 valence electrons. The summed E-state index contributed by atoms with van der Waals surface area (Å²) in [5.41, 5.74) is 0.471. The second kappa shape index (κ2) is 6.80. The maximum Gasteiger partial charge on any atom is 0.174 e. The molecule has 0 spiro atoms. The van der Waals surface area contributed by atoms with Crippen LogP contribution in [0.25, 0.3) is 0 Å². The molecule has 2 aromatic carbocycles. The summed E-state index contributed by atoms with van der Waals surface area (Å²) in [7, 11) is 0. The highest BCUT2D eigenvalue weighted by Gasteiger charge is 2.11. The van der Waals surface area contributed by atoms with Crippen molar-refractivity contribution >= 4 is 56.7 Å². The van der Waals surface area contributed by atoms with Gasteiger partial charge in [-0.3, -0.25) is 4.79 Å². The van der Waals surface area contributed by atoms with E-state index in [9.17, 15) is 4.79 Å². The normalized spacial score (nSPS) is 10.5.